The summed E-state index contributed by atoms with van der Waals surface area (Å²) in [4.78, 5) is 4.23. The molecular weight excluding hydrogens is 238 g/mol. The van der Waals surface area contributed by atoms with E-state index in [0.717, 1.165) is 18.3 Å². The largest absolute Gasteiger partial charge is 0.492 e. The number of para-hydroxylation sites is 1. The number of hydrogen-bond donors (Lipinski definition) is 2. The van der Waals surface area contributed by atoms with E-state index >= 15 is 0 Å². The van der Waals surface area contributed by atoms with E-state index in [1.807, 2.05) is 37.4 Å². The lowest BCUT2D eigenvalue weighted by molar-refractivity contribution is 0.321. The zero-order valence-corrected chi connectivity index (χ0v) is 11.6. The summed E-state index contributed by atoms with van der Waals surface area (Å²) in [6.07, 6.45) is 5.15. The van der Waals surface area contributed by atoms with Crippen LogP contribution in [-0.2, 0) is 0 Å². The zero-order valence-electron chi connectivity index (χ0n) is 11.6. The lowest BCUT2D eigenvalue weighted by Crippen LogP contribution is -2.43. The molecule has 2 N–H and O–H groups in total. The van der Waals surface area contributed by atoms with Crippen LogP contribution in [0, 0.1) is 0 Å². The molecule has 1 fully saturated rings. The molecule has 0 atom stereocenters. The molecule has 4 heteroatoms. The maximum Gasteiger partial charge on any atom is 0.191 e. The fourth-order valence-corrected chi connectivity index (χ4v) is 2.31. The van der Waals surface area contributed by atoms with Crippen molar-refractivity contribution in [3.63, 3.8) is 0 Å². The van der Waals surface area contributed by atoms with E-state index < -0.39 is 0 Å². The molecule has 104 valence electrons. The number of ether oxygens (including phenoxy) is 1. The van der Waals surface area contributed by atoms with Gasteiger partial charge < -0.3 is 15.4 Å². The Morgan fingerprint density at radius 1 is 1.26 bits per heavy atom. The van der Waals surface area contributed by atoms with Crippen molar-refractivity contribution in [2.24, 2.45) is 4.99 Å². The molecular formula is C15H23N3O. The smallest absolute Gasteiger partial charge is 0.191 e. The summed E-state index contributed by atoms with van der Waals surface area (Å²) in [5, 5.41) is 6.73. The summed E-state index contributed by atoms with van der Waals surface area (Å²) in [6, 6.07) is 10.4. The van der Waals surface area contributed by atoms with Gasteiger partial charge in [0.15, 0.2) is 5.96 Å². The quantitative estimate of drug-likeness (QED) is 0.485. The van der Waals surface area contributed by atoms with Gasteiger partial charge in [0.2, 0.25) is 0 Å². The van der Waals surface area contributed by atoms with Crippen molar-refractivity contribution >= 4 is 5.96 Å². The van der Waals surface area contributed by atoms with E-state index in [9.17, 15) is 0 Å². The summed E-state index contributed by atoms with van der Waals surface area (Å²) < 4.78 is 5.63. The van der Waals surface area contributed by atoms with E-state index in [2.05, 4.69) is 15.6 Å². The first-order chi connectivity index (χ1) is 9.38. The van der Waals surface area contributed by atoms with E-state index in [1.165, 1.54) is 25.7 Å². The maximum absolute atomic E-state index is 5.63. The summed E-state index contributed by atoms with van der Waals surface area (Å²) in [7, 11) is 1.81. The maximum atomic E-state index is 5.63. The third-order valence-corrected chi connectivity index (χ3v) is 3.33. The molecule has 1 aliphatic rings. The average Bonchev–Trinajstić information content (AvgIpc) is 2.96. The van der Waals surface area contributed by atoms with Crippen LogP contribution in [0.2, 0.25) is 0 Å². The van der Waals surface area contributed by atoms with Gasteiger partial charge in [-0.1, -0.05) is 31.0 Å². The first kappa shape index (κ1) is 13.7. The molecule has 0 aromatic heterocycles. The number of benzene rings is 1. The van der Waals surface area contributed by atoms with Crippen LogP contribution in [0.5, 0.6) is 5.75 Å². The number of rotatable bonds is 5. The minimum Gasteiger partial charge on any atom is -0.492 e. The van der Waals surface area contributed by atoms with Gasteiger partial charge in [-0.25, -0.2) is 0 Å². The Morgan fingerprint density at radius 2 is 2.00 bits per heavy atom. The molecule has 0 unspecified atom stereocenters. The van der Waals surface area contributed by atoms with Crippen molar-refractivity contribution in [3.8, 4) is 5.75 Å². The van der Waals surface area contributed by atoms with Crippen LogP contribution in [0.25, 0.3) is 0 Å². The second-order valence-electron chi connectivity index (χ2n) is 4.79. The molecule has 0 saturated heterocycles. The van der Waals surface area contributed by atoms with Crippen molar-refractivity contribution in [2.75, 3.05) is 20.2 Å². The molecule has 2 rings (SSSR count). The van der Waals surface area contributed by atoms with Gasteiger partial charge in [0.1, 0.15) is 12.4 Å². The molecule has 1 saturated carbocycles. The highest BCUT2D eigenvalue weighted by atomic mass is 16.5. The Labute approximate surface area is 115 Å². The molecule has 19 heavy (non-hydrogen) atoms. The van der Waals surface area contributed by atoms with Gasteiger partial charge in [-0.3, -0.25) is 4.99 Å². The first-order valence-electron chi connectivity index (χ1n) is 7.03. The van der Waals surface area contributed by atoms with Crippen LogP contribution in [0.15, 0.2) is 35.3 Å². The van der Waals surface area contributed by atoms with E-state index in [0.29, 0.717) is 12.6 Å². The standard InChI is InChI=1S/C15H23N3O/c1-16-15(18-13-7-5-6-8-13)17-11-12-19-14-9-3-2-4-10-14/h2-4,9-10,13H,5-8,11-12H2,1H3,(H2,16,17,18). The van der Waals surface area contributed by atoms with Crippen molar-refractivity contribution in [2.45, 2.75) is 31.7 Å². The van der Waals surface area contributed by atoms with E-state index in [-0.39, 0.29) is 0 Å². The number of hydrogen-bond acceptors (Lipinski definition) is 2. The summed E-state index contributed by atoms with van der Waals surface area (Å²) in [6.45, 7) is 1.39. The minimum absolute atomic E-state index is 0.584. The number of guanidine groups is 1. The Kier molecular flexibility index (Phi) is 5.53. The van der Waals surface area contributed by atoms with Gasteiger partial charge in [-0.2, -0.15) is 0 Å². The lowest BCUT2D eigenvalue weighted by Gasteiger charge is -2.16. The summed E-state index contributed by atoms with van der Waals surface area (Å²) in [5.74, 6) is 1.78. The Morgan fingerprint density at radius 3 is 2.68 bits per heavy atom. The lowest BCUT2D eigenvalue weighted by atomic mass is 10.2. The molecule has 1 aromatic rings. The predicted molar refractivity (Wildman–Crippen MR) is 78.7 cm³/mol. The molecule has 0 spiro atoms. The summed E-state index contributed by atoms with van der Waals surface area (Å²) >= 11 is 0. The minimum atomic E-state index is 0.584. The molecule has 0 heterocycles. The van der Waals surface area contributed by atoms with Gasteiger partial charge >= 0.3 is 0 Å². The molecule has 0 radical (unpaired) electrons. The number of nitrogens with one attached hydrogen (secondary N) is 2. The van der Waals surface area contributed by atoms with Crippen molar-refractivity contribution in [1.82, 2.24) is 10.6 Å². The van der Waals surface area contributed by atoms with Gasteiger partial charge in [0.05, 0.1) is 6.54 Å². The predicted octanol–water partition coefficient (Wildman–Crippen LogP) is 2.17. The highest BCUT2D eigenvalue weighted by molar-refractivity contribution is 5.79. The molecule has 4 nitrogen and oxygen atoms in total. The fourth-order valence-electron chi connectivity index (χ4n) is 2.31. The van der Waals surface area contributed by atoms with E-state index in [4.69, 9.17) is 4.74 Å². The fraction of sp³-hybridized carbons (Fsp3) is 0.533. The highest BCUT2D eigenvalue weighted by Gasteiger charge is 2.15. The van der Waals surface area contributed by atoms with Crippen molar-refractivity contribution < 1.29 is 4.74 Å². The second-order valence-corrected chi connectivity index (χ2v) is 4.79. The average molecular weight is 261 g/mol. The van der Waals surface area contributed by atoms with Gasteiger partial charge in [-0.15, -0.1) is 0 Å². The molecule has 1 aliphatic carbocycles. The molecule has 0 bridgehead atoms. The van der Waals surface area contributed by atoms with Crippen LogP contribution in [-0.4, -0.2) is 32.2 Å². The Bertz CT molecular complexity index is 386. The summed E-state index contributed by atoms with van der Waals surface area (Å²) in [5.41, 5.74) is 0. The van der Waals surface area contributed by atoms with Crippen LogP contribution >= 0.6 is 0 Å². The van der Waals surface area contributed by atoms with Crippen molar-refractivity contribution in [1.29, 1.82) is 0 Å². The van der Waals surface area contributed by atoms with Crippen LogP contribution in [0.1, 0.15) is 25.7 Å². The van der Waals surface area contributed by atoms with Gasteiger partial charge in [-0.05, 0) is 25.0 Å². The van der Waals surface area contributed by atoms with E-state index in [1.54, 1.807) is 0 Å². The highest BCUT2D eigenvalue weighted by Crippen LogP contribution is 2.17. The molecule has 0 amide bonds. The topological polar surface area (TPSA) is 45.7 Å². The number of nitrogens with zero attached hydrogens (tertiary/aromatic N) is 1. The Balaban J connectivity index is 1.63. The zero-order chi connectivity index (χ0) is 13.3. The third-order valence-electron chi connectivity index (χ3n) is 3.33. The SMILES string of the molecule is CN=C(NCCOc1ccccc1)NC1CCCC1. The number of aliphatic imine (C=N–C) groups is 1. The van der Waals surface area contributed by atoms with Gasteiger partial charge in [0, 0.05) is 13.1 Å². The van der Waals surface area contributed by atoms with Gasteiger partial charge in [0.25, 0.3) is 0 Å². The second kappa shape index (κ2) is 7.67. The van der Waals surface area contributed by atoms with Crippen molar-refractivity contribution in [3.05, 3.63) is 30.3 Å². The third kappa shape index (κ3) is 4.81. The molecule has 1 aromatic carbocycles. The van der Waals surface area contributed by atoms with Crippen LogP contribution < -0.4 is 15.4 Å². The monoisotopic (exact) mass is 261 g/mol. The normalized spacial score (nSPS) is 16.4. The van der Waals surface area contributed by atoms with Crippen LogP contribution in [0.4, 0.5) is 0 Å². The molecule has 0 aliphatic heterocycles. The first-order valence-corrected chi connectivity index (χ1v) is 7.03. The Hall–Kier alpha value is -1.71. The van der Waals surface area contributed by atoms with Crippen LogP contribution in [0.3, 0.4) is 0 Å².